The molecule has 2 amide bonds. The summed E-state index contributed by atoms with van der Waals surface area (Å²) in [4.78, 5) is 37.8. The van der Waals surface area contributed by atoms with Gasteiger partial charge in [-0.1, -0.05) is 18.2 Å². The second-order valence-corrected chi connectivity index (χ2v) is 6.08. The van der Waals surface area contributed by atoms with Crippen LogP contribution in [-0.4, -0.2) is 52.2 Å². The maximum atomic E-state index is 13.1. The summed E-state index contributed by atoms with van der Waals surface area (Å²) in [6.45, 7) is 0.518. The summed E-state index contributed by atoms with van der Waals surface area (Å²) in [5.41, 5.74) is -0.00489. The summed E-state index contributed by atoms with van der Waals surface area (Å²) in [7, 11) is 3.40. The molecule has 124 valence electrons. The van der Waals surface area contributed by atoms with Crippen LogP contribution >= 0.6 is 0 Å². The van der Waals surface area contributed by atoms with E-state index in [2.05, 4.69) is 9.97 Å². The van der Waals surface area contributed by atoms with E-state index in [-0.39, 0.29) is 11.8 Å². The lowest BCUT2D eigenvalue weighted by molar-refractivity contribution is -0.140. The number of hydrogen-bond donors (Lipinski definition) is 0. The zero-order valence-corrected chi connectivity index (χ0v) is 13.8. The van der Waals surface area contributed by atoms with Crippen LogP contribution in [0, 0.1) is 0 Å². The van der Waals surface area contributed by atoms with Gasteiger partial charge in [-0.3, -0.25) is 19.6 Å². The van der Waals surface area contributed by atoms with Crippen molar-refractivity contribution in [3.63, 3.8) is 0 Å². The minimum atomic E-state index is -1.09. The van der Waals surface area contributed by atoms with E-state index in [4.69, 9.17) is 0 Å². The van der Waals surface area contributed by atoms with Crippen molar-refractivity contribution in [3.05, 3.63) is 60.2 Å². The molecule has 0 saturated carbocycles. The zero-order valence-electron chi connectivity index (χ0n) is 13.8. The van der Waals surface area contributed by atoms with E-state index in [1.54, 1.807) is 49.7 Å². The Morgan fingerprint density at radius 1 is 1.17 bits per heavy atom. The van der Waals surface area contributed by atoms with Gasteiger partial charge in [0, 0.05) is 38.6 Å². The summed E-state index contributed by atoms with van der Waals surface area (Å²) < 4.78 is 0. The van der Waals surface area contributed by atoms with Gasteiger partial charge in [-0.05, 0) is 25.0 Å². The normalized spacial score (nSPS) is 20.0. The van der Waals surface area contributed by atoms with E-state index in [1.165, 1.54) is 4.90 Å². The van der Waals surface area contributed by atoms with Crippen molar-refractivity contribution in [1.29, 1.82) is 0 Å². The Morgan fingerprint density at radius 2 is 1.92 bits per heavy atom. The van der Waals surface area contributed by atoms with Crippen LogP contribution in [0.2, 0.25) is 0 Å². The number of likely N-dealkylation sites (tertiary alicyclic amines) is 1. The molecule has 0 spiro atoms. The molecule has 1 fully saturated rings. The van der Waals surface area contributed by atoms with Crippen molar-refractivity contribution < 1.29 is 9.59 Å². The number of carbonyl (C=O) groups is 2. The van der Waals surface area contributed by atoms with Gasteiger partial charge in [0.15, 0.2) is 5.54 Å². The monoisotopic (exact) mass is 324 g/mol. The van der Waals surface area contributed by atoms with E-state index in [1.807, 2.05) is 18.2 Å². The number of carbonyl (C=O) groups excluding carboxylic acids is 2. The van der Waals surface area contributed by atoms with Crippen LogP contribution in [0.5, 0.6) is 0 Å². The Hall–Kier alpha value is -2.76. The standard InChI is InChI=1S/C18H20N4O2/c1-21(2)17(24)18(15-13-19-10-11-20-15)9-6-12-22(18)16(23)14-7-4-3-5-8-14/h3-5,7-8,10-11,13H,6,9,12H2,1-2H3/t18-/m0/s1. The number of nitrogens with zero attached hydrogens (tertiary/aromatic N) is 4. The molecule has 6 nitrogen and oxygen atoms in total. The van der Waals surface area contributed by atoms with Crippen LogP contribution in [0.15, 0.2) is 48.9 Å². The maximum absolute atomic E-state index is 13.1. The topological polar surface area (TPSA) is 66.4 Å². The molecule has 0 N–H and O–H groups in total. The lowest BCUT2D eigenvalue weighted by Gasteiger charge is -2.38. The largest absolute Gasteiger partial charge is 0.346 e. The van der Waals surface area contributed by atoms with Gasteiger partial charge in [-0.2, -0.15) is 0 Å². The Kier molecular flexibility index (Phi) is 4.29. The van der Waals surface area contributed by atoms with Crippen LogP contribution in [0.3, 0.4) is 0 Å². The molecule has 1 aliphatic heterocycles. The minimum absolute atomic E-state index is 0.148. The average molecular weight is 324 g/mol. The van der Waals surface area contributed by atoms with Crippen molar-refractivity contribution in [1.82, 2.24) is 19.8 Å². The lowest BCUT2D eigenvalue weighted by atomic mass is 9.89. The first-order valence-electron chi connectivity index (χ1n) is 7.92. The van der Waals surface area contributed by atoms with E-state index in [0.29, 0.717) is 24.2 Å². The Morgan fingerprint density at radius 3 is 2.54 bits per heavy atom. The SMILES string of the molecule is CN(C)C(=O)[C@@]1(c2cnccn2)CCCN1C(=O)c1ccccc1. The highest BCUT2D eigenvalue weighted by Gasteiger charge is 2.53. The molecule has 1 aliphatic rings. The van der Waals surface area contributed by atoms with Crippen molar-refractivity contribution in [2.24, 2.45) is 0 Å². The fourth-order valence-electron chi connectivity index (χ4n) is 3.31. The second-order valence-electron chi connectivity index (χ2n) is 6.08. The number of benzene rings is 1. The Labute approximate surface area is 141 Å². The van der Waals surface area contributed by atoms with Crippen LogP contribution in [0.25, 0.3) is 0 Å². The molecule has 6 heteroatoms. The maximum Gasteiger partial charge on any atom is 0.255 e. The zero-order chi connectivity index (χ0) is 17.2. The highest BCUT2D eigenvalue weighted by molar-refractivity contribution is 5.99. The molecule has 1 atom stereocenters. The fourth-order valence-corrected chi connectivity index (χ4v) is 3.31. The van der Waals surface area contributed by atoms with Gasteiger partial charge in [0.2, 0.25) is 0 Å². The molecule has 0 bridgehead atoms. The number of likely N-dealkylation sites (N-methyl/N-ethyl adjacent to an activating group) is 1. The molecule has 1 aromatic heterocycles. The highest BCUT2D eigenvalue weighted by atomic mass is 16.2. The predicted octanol–water partition coefficient (Wildman–Crippen LogP) is 1.70. The van der Waals surface area contributed by atoms with Gasteiger partial charge in [-0.25, -0.2) is 0 Å². The van der Waals surface area contributed by atoms with E-state index >= 15 is 0 Å². The van der Waals surface area contributed by atoms with E-state index < -0.39 is 5.54 Å². The van der Waals surface area contributed by atoms with Gasteiger partial charge in [0.25, 0.3) is 11.8 Å². The number of hydrogen-bond acceptors (Lipinski definition) is 4. The summed E-state index contributed by atoms with van der Waals surface area (Å²) in [5, 5.41) is 0. The van der Waals surface area contributed by atoms with E-state index in [0.717, 1.165) is 6.42 Å². The van der Waals surface area contributed by atoms with Crippen molar-refractivity contribution >= 4 is 11.8 Å². The lowest BCUT2D eigenvalue weighted by Crippen LogP contribution is -2.55. The summed E-state index contributed by atoms with van der Waals surface area (Å²) in [6.07, 6.45) is 5.99. The summed E-state index contributed by atoms with van der Waals surface area (Å²) >= 11 is 0. The first-order valence-corrected chi connectivity index (χ1v) is 7.92. The molecule has 0 radical (unpaired) electrons. The van der Waals surface area contributed by atoms with Crippen molar-refractivity contribution in [2.45, 2.75) is 18.4 Å². The van der Waals surface area contributed by atoms with Crippen LogP contribution in [0.4, 0.5) is 0 Å². The number of amides is 2. The van der Waals surface area contributed by atoms with Crippen LogP contribution in [0.1, 0.15) is 28.9 Å². The van der Waals surface area contributed by atoms with Gasteiger partial charge in [0.05, 0.1) is 11.9 Å². The molecular formula is C18H20N4O2. The number of aromatic nitrogens is 2. The smallest absolute Gasteiger partial charge is 0.255 e. The Balaban J connectivity index is 2.10. The molecule has 1 aromatic carbocycles. The summed E-state index contributed by atoms with van der Waals surface area (Å²) in [6, 6.07) is 9.04. The first-order chi connectivity index (χ1) is 11.6. The molecular weight excluding hydrogens is 304 g/mol. The molecule has 2 aromatic rings. The van der Waals surface area contributed by atoms with Gasteiger partial charge >= 0.3 is 0 Å². The van der Waals surface area contributed by atoms with Crippen molar-refractivity contribution in [3.8, 4) is 0 Å². The highest BCUT2D eigenvalue weighted by Crippen LogP contribution is 2.40. The van der Waals surface area contributed by atoms with Crippen LogP contribution in [-0.2, 0) is 10.3 Å². The quantitative estimate of drug-likeness (QED) is 0.862. The molecule has 0 aliphatic carbocycles. The third-order valence-electron chi connectivity index (χ3n) is 4.39. The Bertz CT molecular complexity index is 733. The average Bonchev–Trinajstić information content (AvgIpc) is 3.07. The van der Waals surface area contributed by atoms with Gasteiger partial charge in [-0.15, -0.1) is 0 Å². The number of rotatable bonds is 3. The molecule has 2 heterocycles. The molecule has 24 heavy (non-hydrogen) atoms. The molecule has 0 unspecified atom stereocenters. The third kappa shape index (κ3) is 2.54. The van der Waals surface area contributed by atoms with Gasteiger partial charge in [0.1, 0.15) is 0 Å². The van der Waals surface area contributed by atoms with Crippen molar-refractivity contribution in [2.75, 3.05) is 20.6 Å². The third-order valence-corrected chi connectivity index (χ3v) is 4.39. The van der Waals surface area contributed by atoms with Gasteiger partial charge < -0.3 is 9.80 Å². The van der Waals surface area contributed by atoms with Crippen LogP contribution < -0.4 is 0 Å². The second kappa shape index (κ2) is 6.39. The van der Waals surface area contributed by atoms with E-state index in [9.17, 15) is 9.59 Å². The minimum Gasteiger partial charge on any atom is -0.346 e. The fraction of sp³-hybridized carbons (Fsp3) is 0.333. The first kappa shape index (κ1) is 16.1. The molecule has 1 saturated heterocycles. The molecule has 3 rings (SSSR count). The summed E-state index contributed by atoms with van der Waals surface area (Å²) in [5.74, 6) is -0.307. The predicted molar refractivity (Wildman–Crippen MR) is 89.1 cm³/mol.